The van der Waals surface area contributed by atoms with Gasteiger partial charge < -0.3 is 4.74 Å². The predicted octanol–water partition coefficient (Wildman–Crippen LogP) is 4.65. The Morgan fingerprint density at radius 1 is 1.17 bits per heavy atom. The SMILES string of the molecule is COc1cc(C)c(S(=O)(=O)Nc2cccc(SC)c2)cc1C(C)C. The maximum absolute atomic E-state index is 12.8. The van der Waals surface area contributed by atoms with Gasteiger partial charge in [-0.15, -0.1) is 11.8 Å². The highest BCUT2D eigenvalue weighted by Crippen LogP contribution is 2.32. The van der Waals surface area contributed by atoms with E-state index in [1.807, 2.05) is 38.3 Å². The van der Waals surface area contributed by atoms with E-state index >= 15 is 0 Å². The number of ether oxygens (including phenoxy) is 1. The smallest absolute Gasteiger partial charge is 0.262 e. The summed E-state index contributed by atoms with van der Waals surface area (Å²) in [6.45, 7) is 5.80. The molecule has 0 heterocycles. The first-order chi connectivity index (χ1) is 11.3. The molecule has 2 aromatic carbocycles. The lowest BCUT2D eigenvalue weighted by atomic mass is 10.0. The Morgan fingerprint density at radius 2 is 1.88 bits per heavy atom. The zero-order valence-electron chi connectivity index (χ0n) is 14.6. The molecular weight excluding hydrogens is 342 g/mol. The van der Waals surface area contributed by atoms with Gasteiger partial charge in [-0.05, 0) is 60.6 Å². The number of thioether (sulfide) groups is 1. The fraction of sp³-hybridized carbons (Fsp3) is 0.333. The van der Waals surface area contributed by atoms with Gasteiger partial charge >= 0.3 is 0 Å². The Labute approximate surface area is 148 Å². The first-order valence-corrected chi connectivity index (χ1v) is 10.3. The minimum atomic E-state index is -3.66. The molecule has 4 nitrogen and oxygen atoms in total. The van der Waals surface area contributed by atoms with Gasteiger partial charge in [0.1, 0.15) is 5.75 Å². The van der Waals surface area contributed by atoms with Crippen molar-refractivity contribution in [2.24, 2.45) is 0 Å². The van der Waals surface area contributed by atoms with Crippen molar-refractivity contribution in [3.05, 3.63) is 47.5 Å². The van der Waals surface area contributed by atoms with E-state index in [1.54, 1.807) is 44.0 Å². The molecule has 0 aliphatic carbocycles. The standard InChI is InChI=1S/C18H23NO3S2/c1-12(2)16-11-18(13(3)9-17(16)22-4)24(20,21)19-14-7-6-8-15(10-14)23-5/h6-12,19H,1-5H3. The van der Waals surface area contributed by atoms with E-state index in [4.69, 9.17) is 4.74 Å². The van der Waals surface area contributed by atoms with Gasteiger partial charge in [-0.2, -0.15) is 0 Å². The first-order valence-electron chi connectivity index (χ1n) is 7.64. The number of sulfonamides is 1. The number of nitrogens with one attached hydrogen (secondary N) is 1. The number of hydrogen-bond donors (Lipinski definition) is 1. The molecule has 0 unspecified atom stereocenters. The number of methoxy groups -OCH3 is 1. The molecule has 0 radical (unpaired) electrons. The van der Waals surface area contributed by atoms with Crippen LogP contribution < -0.4 is 9.46 Å². The van der Waals surface area contributed by atoms with Crippen LogP contribution >= 0.6 is 11.8 Å². The summed E-state index contributed by atoms with van der Waals surface area (Å²) in [7, 11) is -2.07. The van der Waals surface area contributed by atoms with Crippen LogP contribution in [0.1, 0.15) is 30.9 Å². The Balaban J connectivity index is 2.46. The quantitative estimate of drug-likeness (QED) is 0.757. The lowest BCUT2D eigenvalue weighted by Gasteiger charge is -2.17. The minimum absolute atomic E-state index is 0.161. The summed E-state index contributed by atoms with van der Waals surface area (Å²) in [5.41, 5.74) is 2.09. The fourth-order valence-electron chi connectivity index (χ4n) is 2.49. The third-order valence-corrected chi connectivity index (χ3v) is 6.01. The molecule has 0 saturated carbocycles. The second-order valence-corrected chi connectivity index (χ2v) is 8.38. The van der Waals surface area contributed by atoms with Crippen molar-refractivity contribution in [2.75, 3.05) is 18.1 Å². The number of aryl methyl sites for hydroxylation is 1. The van der Waals surface area contributed by atoms with Crippen molar-refractivity contribution in [1.82, 2.24) is 0 Å². The summed E-state index contributed by atoms with van der Waals surface area (Å²) in [4.78, 5) is 1.28. The van der Waals surface area contributed by atoms with Gasteiger partial charge in [0.2, 0.25) is 0 Å². The van der Waals surface area contributed by atoms with Crippen molar-refractivity contribution < 1.29 is 13.2 Å². The zero-order chi connectivity index (χ0) is 17.9. The van der Waals surface area contributed by atoms with E-state index in [0.717, 1.165) is 10.5 Å². The topological polar surface area (TPSA) is 55.4 Å². The monoisotopic (exact) mass is 365 g/mol. The highest BCUT2D eigenvalue weighted by molar-refractivity contribution is 7.98. The van der Waals surface area contributed by atoms with Crippen LogP contribution in [0.2, 0.25) is 0 Å². The molecule has 0 aliphatic heterocycles. The second kappa shape index (κ2) is 7.49. The number of benzene rings is 2. The number of hydrogen-bond acceptors (Lipinski definition) is 4. The van der Waals surface area contributed by atoms with Crippen molar-refractivity contribution in [3.8, 4) is 5.75 Å². The Kier molecular flexibility index (Phi) is 5.83. The molecule has 0 saturated heterocycles. The van der Waals surface area contributed by atoms with Crippen molar-refractivity contribution in [2.45, 2.75) is 36.5 Å². The van der Waals surface area contributed by atoms with Crippen LogP contribution in [0.15, 0.2) is 46.2 Å². The highest BCUT2D eigenvalue weighted by Gasteiger charge is 2.21. The molecule has 130 valence electrons. The third kappa shape index (κ3) is 4.05. The average Bonchev–Trinajstić information content (AvgIpc) is 2.53. The molecule has 0 spiro atoms. The molecule has 0 fully saturated rings. The Bertz CT molecular complexity index is 830. The summed E-state index contributed by atoms with van der Waals surface area (Å²) in [6.07, 6.45) is 1.95. The van der Waals surface area contributed by atoms with E-state index in [2.05, 4.69) is 4.72 Å². The maximum Gasteiger partial charge on any atom is 0.262 e. The van der Waals surface area contributed by atoms with Gasteiger partial charge in [0.25, 0.3) is 10.0 Å². The molecule has 0 aliphatic rings. The molecule has 2 aromatic rings. The van der Waals surface area contributed by atoms with Gasteiger partial charge in [-0.25, -0.2) is 8.42 Å². The van der Waals surface area contributed by atoms with Crippen LogP contribution in [0.5, 0.6) is 5.75 Å². The number of anilines is 1. The summed E-state index contributed by atoms with van der Waals surface area (Å²) in [5, 5.41) is 0. The predicted molar refractivity (Wildman–Crippen MR) is 101 cm³/mol. The molecule has 1 N–H and O–H groups in total. The summed E-state index contributed by atoms with van der Waals surface area (Å²) in [6, 6.07) is 10.8. The van der Waals surface area contributed by atoms with Gasteiger partial charge in [0.05, 0.1) is 12.0 Å². The van der Waals surface area contributed by atoms with Gasteiger partial charge in [0, 0.05) is 10.6 Å². The van der Waals surface area contributed by atoms with Crippen LogP contribution in [0.25, 0.3) is 0 Å². The van der Waals surface area contributed by atoms with E-state index in [-0.39, 0.29) is 10.8 Å². The van der Waals surface area contributed by atoms with E-state index in [9.17, 15) is 8.42 Å². The minimum Gasteiger partial charge on any atom is -0.496 e. The molecule has 0 aromatic heterocycles. The fourth-order valence-corrected chi connectivity index (χ4v) is 4.26. The molecule has 24 heavy (non-hydrogen) atoms. The molecule has 6 heteroatoms. The first kappa shape index (κ1) is 18.7. The zero-order valence-corrected chi connectivity index (χ0v) is 16.2. The van der Waals surface area contributed by atoms with E-state index in [1.165, 1.54) is 0 Å². The average molecular weight is 366 g/mol. The van der Waals surface area contributed by atoms with Crippen LogP contribution in [0.3, 0.4) is 0 Å². The molecule has 0 amide bonds. The van der Waals surface area contributed by atoms with Gasteiger partial charge in [0.15, 0.2) is 0 Å². The van der Waals surface area contributed by atoms with Crippen LogP contribution in [0.4, 0.5) is 5.69 Å². The normalized spacial score (nSPS) is 11.6. The maximum atomic E-state index is 12.8. The summed E-state index contributed by atoms with van der Waals surface area (Å²) in [5.74, 6) is 0.875. The summed E-state index contributed by atoms with van der Waals surface area (Å²) >= 11 is 1.57. The van der Waals surface area contributed by atoms with E-state index in [0.29, 0.717) is 17.0 Å². The largest absolute Gasteiger partial charge is 0.496 e. The van der Waals surface area contributed by atoms with Crippen molar-refractivity contribution in [1.29, 1.82) is 0 Å². The summed E-state index contributed by atoms with van der Waals surface area (Å²) < 4.78 is 33.7. The van der Waals surface area contributed by atoms with Crippen LogP contribution in [-0.4, -0.2) is 21.8 Å². The lowest BCUT2D eigenvalue weighted by molar-refractivity contribution is 0.406. The Hall–Kier alpha value is -1.66. The van der Waals surface area contributed by atoms with Gasteiger partial charge in [-0.3, -0.25) is 4.72 Å². The van der Waals surface area contributed by atoms with Crippen LogP contribution in [0, 0.1) is 6.92 Å². The van der Waals surface area contributed by atoms with E-state index < -0.39 is 10.0 Å². The number of rotatable bonds is 6. The molecule has 2 rings (SSSR count). The van der Waals surface area contributed by atoms with Crippen molar-refractivity contribution >= 4 is 27.5 Å². The highest BCUT2D eigenvalue weighted by atomic mass is 32.2. The van der Waals surface area contributed by atoms with Gasteiger partial charge in [-0.1, -0.05) is 19.9 Å². The molecule has 0 atom stereocenters. The van der Waals surface area contributed by atoms with Crippen molar-refractivity contribution in [3.63, 3.8) is 0 Å². The second-order valence-electron chi connectivity index (χ2n) is 5.85. The lowest BCUT2D eigenvalue weighted by Crippen LogP contribution is -2.15. The third-order valence-electron chi connectivity index (χ3n) is 3.76. The Morgan fingerprint density at radius 3 is 2.46 bits per heavy atom. The molecular formula is C18H23NO3S2. The van der Waals surface area contributed by atoms with Crippen LogP contribution in [-0.2, 0) is 10.0 Å². The molecule has 0 bridgehead atoms.